The van der Waals surface area contributed by atoms with Gasteiger partial charge in [0, 0.05) is 11.4 Å². The highest BCUT2D eigenvalue weighted by Crippen LogP contribution is 2.20. The maximum atomic E-state index is 9.19. The Kier molecular flexibility index (Phi) is 4.62. The van der Waals surface area contributed by atoms with E-state index in [1.807, 2.05) is 42.5 Å². The van der Waals surface area contributed by atoms with Crippen molar-refractivity contribution >= 4 is 11.9 Å². The Balaban J connectivity index is 1.90. The van der Waals surface area contributed by atoms with Gasteiger partial charge in [-0.3, -0.25) is 4.72 Å². The largest absolute Gasteiger partial charge is 0.392 e. The molecular weight excluding hydrogens is 230 g/mol. The van der Waals surface area contributed by atoms with Crippen LogP contribution in [0.15, 0.2) is 59.5 Å². The van der Waals surface area contributed by atoms with E-state index in [0.29, 0.717) is 0 Å². The molecule has 17 heavy (non-hydrogen) atoms. The molecule has 0 radical (unpaired) electrons. The second-order valence-electron chi connectivity index (χ2n) is 3.67. The van der Waals surface area contributed by atoms with Crippen LogP contribution in [-0.4, -0.2) is 5.11 Å². The average Bonchev–Trinajstić information content (AvgIpc) is 2.40. The zero-order valence-corrected chi connectivity index (χ0v) is 10.3. The number of benzene rings is 2. The Labute approximate surface area is 106 Å². The molecule has 88 valence electrons. The summed E-state index contributed by atoms with van der Waals surface area (Å²) in [4.78, 5) is 1.07. The number of aliphatic hydroxyl groups excluding tert-OH is 1. The number of hydrogen-bond donors (Lipinski definition) is 2. The third-order valence-electron chi connectivity index (χ3n) is 2.44. The van der Waals surface area contributed by atoms with E-state index in [1.54, 1.807) is 11.9 Å². The molecule has 0 aliphatic rings. The van der Waals surface area contributed by atoms with E-state index in [4.69, 9.17) is 0 Å². The van der Waals surface area contributed by atoms with E-state index in [9.17, 15) is 5.11 Å². The third kappa shape index (κ3) is 3.60. The fraction of sp³-hybridized carbons (Fsp3) is 0.143. The molecule has 0 spiro atoms. The number of nitrogens with one attached hydrogen (secondary N) is 1. The second-order valence-corrected chi connectivity index (χ2v) is 4.61. The van der Waals surface area contributed by atoms with Gasteiger partial charge in [-0.1, -0.05) is 48.5 Å². The summed E-state index contributed by atoms with van der Waals surface area (Å²) in [5.41, 5.74) is 2.21. The van der Waals surface area contributed by atoms with E-state index < -0.39 is 0 Å². The molecule has 0 fully saturated rings. The molecule has 3 heteroatoms. The van der Waals surface area contributed by atoms with E-state index >= 15 is 0 Å². The average molecular weight is 245 g/mol. The molecule has 2 aromatic rings. The van der Waals surface area contributed by atoms with Gasteiger partial charge in [0.1, 0.15) is 0 Å². The number of hydrogen-bond acceptors (Lipinski definition) is 3. The maximum absolute atomic E-state index is 9.19. The van der Waals surface area contributed by atoms with Crippen molar-refractivity contribution in [2.24, 2.45) is 0 Å². The molecule has 2 rings (SSSR count). The van der Waals surface area contributed by atoms with Gasteiger partial charge in [-0.15, -0.1) is 0 Å². The molecule has 0 heterocycles. The molecule has 0 aromatic heterocycles. The van der Waals surface area contributed by atoms with Gasteiger partial charge in [-0.25, -0.2) is 0 Å². The van der Waals surface area contributed by atoms with Crippen molar-refractivity contribution in [1.29, 1.82) is 0 Å². The van der Waals surface area contributed by atoms with Gasteiger partial charge in [-0.05, 0) is 29.1 Å². The Morgan fingerprint density at radius 2 is 1.65 bits per heavy atom. The SMILES string of the molecule is OCc1ccccc1SNCc1ccccc1. The normalized spacial score (nSPS) is 10.4. The van der Waals surface area contributed by atoms with Gasteiger partial charge in [-0.2, -0.15) is 0 Å². The van der Waals surface area contributed by atoms with Gasteiger partial charge >= 0.3 is 0 Å². The zero-order valence-electron chi connectivity index (χ0n) is 9.47. The predicted octanol–water partition coefficient (Wildman–Crippen LogP) is 2.98. The van der Waals surface area contributed by atoms with Crippen LogP contribution >= 0.6 is 11.9 Å². The molecule has 0 bridgehead atoms. The Morgan fingerprint density at radius 3 is 2.41 bits per heavy atom. The summed E-state index contributed by atoms with van der Waals surface area (Å²) in [5, 5.41) is 9.19. The highest BCUT2D eigenvalue weighted by atomic mass is 32.2. The maximum Gasteiger partial charge on any atom is 0.0693 e. The minimum atomic E-state index is 0.0796. The van der Waals surface area contributed by atoms with Crippen molar-refractivity contribution in [1.82, 2.24) is 4.72 Å². The molecule has 0 saturated carbocycles. The van der Waals surface area contributed by atoms with Gasteiger partial charge in [0.25, 0.3) is 0 Å². The molecule has 2 N–H and O–H groups in total. The minimum Gasteiger partial charge on any atom is -0.392 e. The molecule has 0 amide bonds. The van der Waals surface area contributed by atoms with Crippen molar-refractivity contribution < 1.29 is 5.11 Å². The van der Waals surface area contributed by atoms with Crippen LogP contribution in [0, 0.1) is 0 Å². The van der Waals surface area contributed by atoms with Crippen LogP contribution in [0.25, 0.3) is 0 Å². The van der Waals surface area contributed by atoms with Crippen LogP contribution in [0.3, 0.4) is 0 Å². The molecule has 0 unspecified atom stereocenters. The fourth-order valence-electron chi connectivity index (χ4n) is 1.53. The lowest BCUT2D eigenvalue weighted by Crippen LogP contribution is -2.03. The van der Waals surface area contributed by atoms with Crippen molar-refractivity contribution in [3.63, 3.8) is 0 Å². The topological polar surface area (TPSA) is 32.3 Å². The number of rotatable bonds is 5. The summed E-state index contributed by atoms with van der Waals surface area (Å²) in [6, 6.07) is 18.1. The minimum absolute atomic E-state index is 0.0796. The lowest BCUT2D eigenvalue weighted by Gasteiger charge is -2.07. The molecular formula is C14H15NOS. The van der Waals surface area contributed by atoms with Gasteiger partial charge in [0.15, 0.2) is 0 Å². The Morgan fingerprint density at radius 1 is 0.941 bits per heavy atom. The summed E-state index contributed by atoms with van der Waals surface area (Å²) in [6.07, 6.45) is 0. The summed E-state index contributed by atoms with van der Waals surface area (Å²) >= 11 is 1.56. The van der Waals surface area contributed by atoms with Crippen molar-refractivity contribution in [3.05, 3.63) is 65.7 Å². The zero-order chi connectivity index (χ0) is 11.9. The molecule has 0 aliphatic carbocycles. The summed E-state index contributed by atoms with van der Waals surface area (Å²) in [7, 11) is 0. The van der Waals surface area contributed by atoms with E-state index in [1.165, 1.54) is 5.56 Å². The van der Waals surface area contributed by atoms with Gasteiger partial charge in [0.05, 0.1) is 6.61 Å². The first kappa shape index (κ1) is 12.2. The highest BCUT2D eigenvalue weighted by molar-refractivity contribution is 7.97. The fourth-order valence-corrected chi connectivity index (χ4v) is 2.33. The van der Waals surface area contributed by atoms with Crippen molar-refractivity contribution in [2.75, 3.05) is 0 Å². The smallest absolute Gasteiger partial charge is 0.0693 e. The Hall–Kier alpha value is -1.29. The summed E-state index contributed by atoms with van der Waals surface area (Å²) < 4.78 is 3.30. The van der Waals surface area contributed by atoms with Crippen molar-refractivity contribution in [2.45, 2.75) is 18.0 Å². The standard InChI is InChI=1S/C14H15NOS/c16-11-13-8-4-5-9-14(13)17-15-10-12-6-2-1-3-7-12/h1-9,15-16H,10-11H2. The van der Waals surface area contributed by atoms with E-state index in [-0.39, 0.29) is 6.61 Å². The first-order valence-corrected chi connectivity index (χ1v) is 6.34. The lowest BCUT2D eigenvalue weighted by atomic mass is 10.2. The first-order chi connectivity index (χ1) is 8.40. The summed E-state index contributed by atoms with van der Waals surface area (Å²) in [6.45, 7) is 0.890. The molecule has 0 atom stereocenters. The molecule has 2 aromatic carbocycles. The van der Waals surface area contributed by atoms with E-state index in [0.717, 1.165) is 17.0 Å². The number of aliphatic hydroxyl groups is 1. The predicted molar refractivity (Wildman–Crippen MR) is 71.5 cm³/mol. The molecule has 2 nitrogen and oxygen atoms in total. The monoisotopic (exact) mass is 245 g/mol. The molecule has 0 aliphatic heterocycles. The quantitative estimate of drug-likeness (QED) is 0.794. The Bertz CT molecular complexity index is 459. The van der Waals surface area contributed by atoms with Crippen LogP contribution in [0.5, 0.6) is 0 Å². The van der Waals surface area contributed by atoms with Crippen LogP contribution < -0.4 is 4.72 Å². The van der Waals surface area contributed by atoms with Gasteiger partial charge in [0.2, 0.25) is 0 Å². The second kappa shape index (κ2) is 6.45. The molecule has 0 saturated heterocycles. The summed E-state index contributed by atoms with van der Waals surface area (Å²) in [5.74, 6) is 0. The van der Waals surface area contributed by atoms with Crippen LogP contribution in [0.1, 0.15) is 11.1 Å². The van der Waals surface area contributed by atoms with Crippen LogP contribution in [0.4, 0.5) is 0 Å². The third-order valence-corrected chi connectivity index (χ3v) is 3.35. The highest BCUT2D eigenvalue weighted by Gasteiger charge is 2.00. The first-order valence-electron chi connectivity index (χ1n) is 5.52. The van der Waals surface area contributed by atoms with Crippen LogP contribution in [0.2, 0.25) is 0 Å². The van der Waals surface area contributed by atoms with Crippen LogP contribution in [-0.2, 0) is 13.2 Å². The van der Waals surface area contributed by atoms with Crippen molar-refractivity contribution in [3.8, 4) is 0 Å². The lowest BCUT2D eigenvalue weighted by molar-refractivity contribution is 0.279. The van der Waals surface area contributed by atoms with Gasteiger partial charge < -0.3 is 5.11 Å². The van der Waals surface area contributed by atoms with E-state index in [2.05, 4.69) is 16.9 Å².